The maximum atomic E-state index is 5.54. The Morgan fingerprint density at radius 2 is 1.80 bits per heavy atom. The van der Waals surface area contributed by atoms with Crippen molar-refractivity contribution in [3.63, 3.8) is 0 Å². The fraction of sp³-hybridized carbons (Fsp3) is 0.214. The monoisotopic (exact) mass is 198 g/mol. The van der Waals surface area contributed by atoms with Crippen molar-refractivity contribution in [2.75, 3.05) is 6.54 Å². The van der Waals surface area contributed by atoms with Crippen molar-refractivity contribution in [3.8, 4) is 0 Å². The zero-order valence-electron chi connectivity index (χ0n) is 8.82. The van der Waals surface area contributed by atoms with E-state index in [-0.39, 0.29) is 0 Å². The Labute approximate surface area is 90.9 Å². The largest absolute Gasteiger partial charge is 0.330 e. The number of benzene rings is 2. The van der Waals surface area contributed by atoms with E-state index in [1.807, 2.05) is 0 Å². The molecule has 15 heavy (non-hydrogen) atoms. The molecule has 0 aromatic heterocycles. The average Bonchev–Trinajstić information content (AvgIpc) is 2.29. The van der Waals surface area contributed by atoms with Gasteiger partial charge in [0.15, 0.2) is 0 Å². The minimum atomic E-state index is 0.305. The van der Waals surface area contributed by atoms with Crippen molar-refractivity contribution in [3.05, 3.63) is 55.0 Å². The summed E-state index contributed by atoms with van der Waals surface area (Å²) < 4.78 is 0. The van der Waals surface area contributed by atoms with Crippen molar-refractivity contribution < 1.29 is 0 Å². The van der Waals surface area contributed by atoms with E-state index in [0.717, 1.165) is 6.42 Å². The molecule has 1 unspecified atom stereocenters. The van der Waals surface area contributed by atoms with Gasteiger partial charge in [0.05, 0.1) is 0 Å². The lowest BCUT2D eigenvalue weighted by Gasteiger charge is -2.11. The van der Waals surface area contributed by atoms with Crippen LogP contribution in [0.2, 0.25) is 0 Å². The molecule has 0 fully saturated rings. The van der Waals surface area contributed by atoms with Crippen LogP contribution in [0.3, 0.4) is 0 Å². The SMILES string of the molecule is [CH2]C(CCN)c1ccc2ccccc2c1. The van der Waals surface area contributed by atoms with Crippen LogP contribution in [0, 0.1) is 6.92 Å². The summed E-state index contributed by atoms with van der Waals surface area (Å²) in [5.74, 6) is 0.305. The Kier molecular flexibility index (Phi) is 3.02. The van der Waals surface area contributed by atoms with Gasteiger partial charge in [0, 0.05) is 0 Å². The van der Waals surface area contributed by atoms with Crippen LogP contribution in [0.1, 0.15) is 17.9 Å². The molecule has 2 aromatic carbocycles. The van der Waals surface area contributed by atoms with Gasteiger partial charge in [-0.2, -0.15) is 0 Å². The van der Waals surface area contributed by atoms with Crippen LogP contribution < -0.4 is 5.73 Å². The van der Waals surface area contributed by atoms with Gasteiger partial charge in [-0.1, -0.05) is 42.5 Å². The first-order valence-corrected chi connectivity index (χ1v) is 5.33. The molecular weight excluding hydrogens is 182 g/mol. The zero-order chi connectivity index (χ0) is 10.7. The number of rotatable bonds is 3. The Morgan fingerprint density at radius 3 is 2.53 bits per heavy atom. The van der Waals surface area contributed by atoms with Crippen molar-refractivity contribution in [2.24, 2.45) is 5.73 Å². The zero-order valence-corrected chi connectivity index (χ0v) is 8.82. The number of nitrogens with two attached hydrogens (primary N) is 1. The van der Waals surface area contributed by atoms with Crippen LogP contribution in [0.25, 0.3) is 10.8 Å². The van der Waals surface area contributed by atoms with E-state index in [1.165, 1.54) is 16.3 Å². The van der Waals surface area contributed by atoms with Crippen LogP contribution in [0.4, 0.5) is 0 Å². The molecule has 2 N–H and O–H groups in total. The first-order chi connectivity index (χ1) is 7.31. The molecule has 0 saturated heterocycles. The molecule has 1 atom stereocenters. The van der Waals surface area contributed by atoms with Crippen LogP contribution in [0.5, 0.6) is 0 Å². The van der Waals surface area contributed by atoms with Gasteiger partial charge in [-0.05, 0) is 42.1 Å². The van der Waals surface area contributed by atoms with Gasteiger partial charge in [-0.25, -0.2) is 0 Å². The van der Waals surface area contributed by atoms with Crippen LogP contribution in [0.15, 0.2) is 42.5 Å². The fourth-order valence-electron chi connectivity index (χ4n) is 1.83. The summed E-state index contributed by atoms with van der Waals surface area (Å²) >= 11 is 0. The second kappa shape index (κ2) is 4.45. The molecule has 0 aliphatic heterocycles. The van der Waals surface area contributed by atoms with Gasteiger partial charge in [-0.3, -0.25) is 0 Å². The molecule has 0 spiro atoms. The molecule has 0 bridgehead atoms. The van der Waals surface area contributed by atoms with Crippen molar-refractivity contribution in [2.45, 2.75) is 12.3 Å². The highest BCUT2D eigenvalue weighted by Gasteiger charge is 2.04. The lowest BCUT2D eigenvalue weighted by atomic mass is 9.95. The summed E-state index contributed by atoms with van der Waals surface area (Å²) in [7, 11) is 0. The number of fused-ring (bicyclic) bond motifs is 1. The molecule has 0 saturated carbocycles. The lowest BCUT2D eigenvalue weighted by molar-refractivity contribution is 0.745. The molecule has 77 valence electrons. The molecule has 1 radical (unpaired) electrons. The van der Waals surface area contributed by atoms with E-state index in [9.17, 15) is 0 Å². The fourth-order valence-corrected chi connectivity index (χ4v) is 1.83. The second-order valence-corrected chi connectivity index (χ2v) is 3.88. The highest BCUT2D eigenvalue weighted by Crippen LogP contribution is 2.22. The summed E-state index contributed by atoms with van der Waals surface area (Å²) in [5, 5.41) is 2.56. The summed E-state index contributed by atoms with van der Waals surface area (Å²) in [6, 6.07) is 14.9. The van der Waals surface area contributed by atoms with Gasteiger partial charge in [0.2, 0.25) is 0 Å². The Hall–Kier alpha value is -1.34. The molecule has 2 aromatic rings. The Balaban J connectivity index is 2.38. The molecular formula is C14H16N. The minimum absolute atomic E-state index is 0.305. The molecule has 0 heterocycles. The Bertz CT molecular complexity index is 448. The second-order valence-electron chi connectivity index (χ2n) is 3.88. The first kappa shape index (κ1) is 10.2. The first-order valence-electron chi connectivity index (χ1n) is 5.33. The molecule has 2 rings (SSSR count). The summed E-state index contributed by atoms with van der Waals surface area (Å²) in [4.78, 5) is 0. The molecule has 1 nitrogen and oxygen atoms in total. The summed E-state index contributed by atoms with van der Waals surface area (Å²) in [5.41, 5.74) is 6.82. The smallest absolute Gasteiger partial charge is 0.00714 e. The standard InChI is InChI=1S/C14H16N/c1-11(8-9-15)13-7-6-12-4-2-3-5-14(12)10-13/h2-7,10-11H,1,8-9,15H2. The lowest BCUT2D eigenvalue weighted by Crippen LogP contribution is -2.04. The van der Waals surface area contributed by atoms with Gasteiger partial charge in [0.25, 0.3) is 0 Å². The highest BCUT2D eigenvalue weighted by molar-refractivity contribution is 5.83. The highest BCUT2D eigenvalue weighted by atomic mass is 14.5. The van der Waals surface area contributed by atoms with Crippen molar-refractivity contribution in [1.29, 1.82) is 0 Å². The van der Waals surface area contributed by atoms with E-state index >= 15 is 0 Å². The minimum Gasteiger partial charge on any atom is -0.330 e. The quantitative estimate of drug-likeness (QED) is 0.805. The van der Waals surface area contributed by atoms with Gasteiger partial charge in [-0.15, -0.1) is 0 Å². The van der Waals surface area contributed by atoms with Crippen LogP contribution >= 0.6 is 0 Å². The van der Waals surface area contributed by atoms with E-state index in [4.69, 9.17) is 5.73 Å². The molecule has 0 amide bonds. The van der Waals surface area contributed by atoms with Gasteiger partial charge >= 0.3 is 0 Å². The molecule has 0 aliphatic carbocycles. The third-order valence-corrected chi connectivity index (χ3v) is 2.76. The summed E-state index contributed by atoms with van der Waals surface area (Å²) in [6.07, 6.45) is 0.943. The van der Waals surface area contributed by atoms with Gasteiger partial charge in [0.1, 0.15) is 0 Å². The van der Waals surface area contributed by atoms with E-state index in [0.29, 0.717) is 12.5 Å². The number of hydrogen-bond donors (Lipinski definition) is 1. The maximum Gasteiger partial charge on any atom is -0.00714 e. The predicted molar refractivity (Wildman–Crippen MR) is 65.7 cm³/mol. The normalized spacial score (nSPS) is 12.9. The van der Waals surface area contributed by atoms with Crippen LogP contribution in [-0.4, -0.2) is 6.54 Å². The van der Waals surface area contributed by atoms with Gasteiger partial charge < -0.3 is 5.73 Å². The summed E-state index contributed by atoms with van der Waals surface area (Å²) in [6.45, 7) is 4.82. The van der Waals surface area contributed by atoms with E-state index in [2.05, 4.69) is 49.4 Å². The topological polar surface area (TPSA) is 26.0 Å². The Morgan fingerprint density at radius 1 is 1.07 bits per heavy atom. The predicted octanol–water partition coefficient (Wildman–Crippen LogP) is 3.11. The third-order valence-electron chi connectivity index (χ3n) is 2.76. The van der Waals surface area contributed by atoms with Crippen LogP contribution in [-0.2, 0) is 0 Å². The van der Waals surface area contributed by atoms with E-state index in [1.54, 1.807) is 0 Å². The van der Waals surface area contributed by atoms with Crippen molar-refractivity contribution in [1.82, 2.24) is 0 Å². The molecule has 0 aliphatic rings. The third kappa shape index (κ3) is 2.18. The van der Waals surface area contributed by atoms with E-state index < -0.39 is 0 Å². The molecule has 1 heteroatoms. The average molecular weight is 198 g/mol. The van der Waals surface area contributed by atoms with Crippen molar-refractivity contribution >= 4 is 10.8 Å². The maximum absolute atomic E-state index is 5.54. The number of hydrogen-bond acceptors (Lipinski definition) is 1.